The molecule has 8 heteroatoms. The number of hydrogen-bond donors (Lipinski definition) is 1. The first-order chi connectivity index (χ1) is 15.5. The van der Waals surface area contributed by atoms with E-state index in [0.717, 1.165) is 35.4 Å². The highest BCUT2D eigenvalue weighted by Crippen LogP contribution is 2.32. The molecule has 0 saturated heterocycles. The Hall–Kier alpha value is -2.58. The third-order valence-electron chi connectivity index (χ3n) is 6.11. The zero-order valence-electron chi connectivity index (χ0n) is 18.9. The number of methoxy groups -OCH3 is 1. The molecule has 1 saturated carbocycles. The number of carbonyl (C=O) groups is 1. The summed E-state index contributed by atoms with van der Waals surface area (Å²) in [7, 11) is 1.75. The molecule has 1 aliphatic carbocycles. The molecule has 170 valence electrons. The van der Waals surface area contributed by atoms with E-state index < -0.39 is 0 Å². The van der Waals surface area contributed by atoms with E-state index in [1.165, 1.54) is 0 Å². The molecular formula is C24H29N3O4S. The third kappa shape index (κ3) is 4.21. The fourth-order valence-electron chi connectivity index (χ4n) is 4.33. The Morgan fingerprint density at radius 2 is 2.00 bits per heavy atom. The highest BCUT2D eigenvalue weighted by atomic mass is 32.2. The maximum Gasteiger partial charge on any atom is 0.326 e. The highest BCUT2D eigenvalue weighted by Gasteiger charge is 2.28. The third-order valence-corrected chi connectivity index (χ3v) is 7.04. The number of benzene rings is 1. The van der Waals surface area contributed by atoms with Crippen molar-refractivity contribution in [2.24, 2.45) is 5.92 Å². The van der Waals surface area contributed by atoms with Crippen LogP contribution in [0.4, 0.5) is 5.82 Å². The highest BCUT2D eigenvalue weighted by molar-refractivity contribution is 7.98. The zero-order valence-corrected chi connectivity index (χ0v) is 19.8. The van der Waals surface area contributed by atoms with Gasteiger partial charge in [0.2, 0.25) is 0 Å². The lowest BCUT2D eigenvalue weighted by Crippen LogP contribution is -2.34. The number of pyridine rings is 2. The Morgan fingerprint density at radius 3 is 2.69 bits per heavy atom. The number of ether oxygens (including phenoxy) is 2. The van der Waals surface area contributed by atoms with Crippen molar-refractivity contribution in [3.8, 4) is 0 Å². The summed E-state index contributed by atoms with van der Waals surface area (Å²) in [4.78, 5) is 31.6. The van der Waals surface area contributed by atoms with Crippen LogP contribution < -0.4 is 10.7 Å². The number of carbonyl (C=O) groups excluding carboxylic acids is 1. The van der Waals surface area contributed by atoms with E-state index in [2.05, 4.69) is 5.32 Å². The van der Waals surface area contributed by atoms with Crippen LogP contribution in [0, 0.1) is 12.8 Å². The monoisotopic (exact) mass is 455 g/mol. The fourth-order valence-corrected chi connectivity index (χ4v) is 5.14. The Labute approximate surface area is 191 Å². The van der Waals surface area contributed by atoms with Gasteiger partial charge in [0.05, 0.1) is 23.6 Å². The SMILES string of the molecule is CCOC(=O)Cn1c2nc(NCC3CC(OC)C3)ccc2c(=O)c2ccc(C)c(SC)c21. The average Bonchev–Trinajstić information content (AvgIpc) is 2.75. The summed E-state index contributed by atoms with van der Waals surface area (Å²) in [6.07, 6.45) is 4.39. The lowest BCUT2D eigenvalue weighted by molar-refractivity contribution is -0.143. The first kappa shape index (κ1) is 22.6. The molecule has 1 aromatic carbocycles. The van der Waals surface area contributed by atoms with Crippen molar-refractivity contribution in [3.05, 3.63) is 40.1 Å². The predicted molar refractivity (Wildman–Crippen MR) is 129 cm³/mol. The number of nitrogens with zero attached hydrogens (tertiary/aromatic N) is 2. The van der Waals surface area contributed by atoms with E-state index in [4.69, 9.17) is 14.5 Å². The molecule has 32 heavy (non-hydrogen) atoms. The molecule has 0 unspecified atom stereocenters. The van der Waals surface area contributed by atoms with E-state index in [1.54, 1.807) is 31.9 Å². The van der Waals surface area contributed by atoms with E-state index >= 15 is 0 Å². The van der Waals surface area contributed by atoms with Crippen molar-refractivity contribution >= 4 is 45.5 Å². The van der Waals surface area contributed by atoms with Gasteiger partial charge in [0.25, 0.3) is 0 Å². The minimum absolute atomic E-state index is 0.00721. The van der Waals surface area contributed by atoms with Crippen LogP contribution in [0.5, 0.6) is 0 Å². The molecular weight excluding hydrogens is 426 g/mol. The second-order valence-electron chi connectivity index (χ2n) is 8.18. The van der Waals surface area contributed by atoms with Gasteiger partial charge < -0.3 is 19.4 Å². The maximum absolute atomic E-state index is 13.3. The molecule has 0 amide bonds. The van der Waals surface area contributed by atoms with Gasteiger partial charge in [0.1, 0.15) is 18.0 Å². The fraction of sp³-hybridized carbons (Fsp3) is 0.458. The Kier molecular flexibility index (Phi) is 6.71. The van der Waals surface area contributed by atoms with E-state index in [-0.39, 0.29) is 17.9 Å². The molecule has 2 aromatic heterocycles. The quantitative estimate of drug-likeness (QED) is 0.312. The summed E-state index contributed by atoms with van der Waals surface area (Å²) in [6.45, 7) is 4.88. The number of aryl methyl sites for hydroxylation is 1. The second kappa shape index (κ2) is 9.50. The van der Waals surface area contributed by atoms with Crippen LogP contribution in [0.2, 0.25) is 0 Å². The molecule has 4 rings (SSSR count). The van der Waals surface area contributed by atoms with Gasteiger partial charge in [0.15, 0.2) is 5.43 Å². The number of rotatable bonds is 8. The smallest absolute Gasteiger partial charge is 0.326 e. The molecule has 1 N–H and O–H groups in total. The van der Waals surface area contributed by atoms with Crippen molar-refractivity contribution in [2.45, 2.75) is 44.2 Å². The van der Waals surface area contributed by atoms with Crippen LogP contribution in [-0.2, 0) is 20.8 Å². The van der Waals surface area contributed by atoms with Crippen molar-refractivity contribution in [2.75, 3.05) is 31.8 Å². The predicted octanol–water partition coefficient (Wildman–Crippen LogP) is 3.98. The molecule has 0 bridgehead atoms. The van der Waals surface area contributed by atoms with Crippen LogP contribution in [-0.4, -0.2) is 48.1 Å². The number of fused-ring (bicyclic) bond motifs is 2. The van der Waals surface area contributed by atoms with Crippen molar-refractivity contribution < 1.29 is 14.3 Å². The van der Waals surface area contributed by atoms with Crippen LogP contribution in [0.15, 0.2) is 34.0 Å². The number of thioether (sulfide) groups is 1. The largest absolute Gasteiger partial charge is 0.465 e. The van der Waals surface area contributed by atoms with Crippen molar-refractivity contribution in [1.29, 1.82) is 0 Å². The molecule has 0 spiro atoms. The summed E-state index contributed by atoms with van der Waals surface area (Å²) in [5.41, 5.74) is 2.19. The van der Waals surface area contributed by atoms with E-state index in [1.807, 2.05) is 35.9 Å². The molecule has 3 aromatic rings. The number of anilines is 1. The van der Waals surface area contributed by atoms with Crippen LogP contribution in [0.3, 0.4) is 0 Å². The topological polar surface area (TPSA) is 82.5 Å². The molecule has 7 nitrogen and oxygen atoms in total. The van der Waals surface area contributed by atoms with Gasteiger partial charge in [-0.2, -0.15) is 0 Å². The van der Waals surface area contributed by atoms with Gasteiger partial charge in [-0.3, -0.25) is 9.59 Å². The normalized spacial score (nSPS) is 18.0. The van der Waals surface area contributed by atoms with Gasteiger partial charge >= 0.3 is 5.97 Å². The summed E-state index contributed by atoms with van der Waals surface area (Å²) in [5, 5.41) is 4.47. The molecule has 2 heterocycles. The zero-order chi connectivity index (χ0) is 22.8. The van der Waals surface area contributed by atoms with Gasteiger partial charge in [-0.15, -0.1) is 11.8 Å². The molecule has 1 aliphatic rings. The lowest BCUT2D eigenvalue weighted by Gasteiger charge is -2.34. The molecule has 0 radical (unpaired) electrons. The minimum Gasteiger partial charge on any atom is -0.465 e. The summed E-state index contributed by atoms with van der Waals surface area (Å²) in [6, 6.07) is 7.42. The van der Waals surface area contributed by atoms with Crippen molar-refractivity contribution in [1.82, 2.24) is 9.55 Å². The molecule has 1 fully saturated rings. The van der Waals surface area contributed by atoms with Gasteiger partial charge in [-0.1, -0.05) is 6.07 Å². The minimum atomic E-state index is -0.354. The second-order valence-corrected chi connectivity index (χ2v) is 8.99. The average molecular weight is 456 g/mol. The summed E-state index contributed by atoms with van der Waals surface area (Å²) >= 11 is 1.56. The first-order valence-corrected chi connectivity index (χ1v) is 12.1. The summed E-state index contributed by atoms with van der Waals surface area (Å²) < 4.78 is 12.4. The maximum atomic E-state index is 13.3. The van der Waals surface area contributed by atoms with Crippen LogP contribution in [0.1, 0.15) is 25.3 Å². The lowest BCUT2D eigenvalue weighted by atomic mass is 9.82. The van der Waals surface area contributed by atoms with E-state index in [0.29, 0.717) is 40.9 Å². The van der Waals surface area contributed by atoms with Crippen LogP contribution in [0.25, 0.3) is 21.9 Å². The standard InChI is InChI=1S/C24H29N3O4S/c1-5-31-20(28)13-27-21-17(7-6-14(2)23(21)32-4)22(29)18-8-9-19(26-24(18)27)25-12-15-10-16(11-15)30-3/h6-9,15-16H,5,10-13H2,1-4H3,(H,25,26). The van der Waals surface area contributed by atoms with Crippen molar-refractivity contribution in [3.63, 3.8) is 0 Å². The Bertz CT molecular complexity index is 1220. The van der Waals surface area contributed by atoms with Crippen LogP contribution >= 0.6 is 11.8 Å². The van der Waals surface area contributed by atoms with Gasteiger partial charge in [-0.05, 0) is 62.6 Å². The molecule has 0 atom stereocenters. The Balaban J connectivity index is 1.83. The van der Waals surface area contributed by atoms with Gasteiger partial charge in [0, 0.05) is 23.9 Å². The van der Waals surface area contributed by atoms with Gasteiger partial charge in [-0.25, -0.2) is 4.98 Å². The summed E-state index contributed by atoms with van der Waals surface area (Å²) in [5.74, 6) is 0.877. The van der Waals surface area contributed by atoms with E-state index in [9.17, 15) is 9.59 Å². The number of hydrogen-bond acceptors (Lipinski definition) is 7. The number of esters is 1. The molecule has 0 aliphatic heterocycles. The Morgan fingerprint density at radius 1 is 1.25 bits per heavy atom. The first-order valence-electron chi connectivity index (χ1n) is 10.9. The number of nitrogens with one attached hydrogen (secondary N) is 1. The number of aromatic nitrogens is 2.